The highest BCUT2D eigenvalue weighted by molar-refractivity contribution is 6.38. The molecular weight excluding hydrogens is 420 g/mol. The molecular formula is C23H19ClN2O5. The molecule has 1 fully saturated rings. The third-order valence-corrected chi connectivity index (χ3v) is 5.62. The van der Waals surface area contributed by atoms with Crippen molar-refractivity contribution in [3.8, 4) is 16.9 Å². The zero-order chi connectivity index (χ0) is 21.5. The summed E-state index contributed by atoms with van der Waals surface area (Å²) in [5.74, 6) is 0.642. The number of nitrogens with zero attached hydrogens (tertiary/aromatic N) is 1. The van der Waals surface area contributed by atoms with Crippen LogP contribution in [0.1, 0.15) is 17.0 Å². The molecule has 31 heavy (non-hydrogen) atoms. The lowest BCUT2D eigenvalue weighted by Gasteiger charge is -2.25. The van der Waals surface area contributed by atoms with E-state index in [1.54, 1.807) is 25.1 Å². The fourth-order valence-electron chi connectivity index (χ4n) is 3.57. The minimum atomic E-state index is -0.432. The Kier molecular flexibility index (Phi) is 4.92. The van der Waals surface area contributed by atoms with Gasteiger partial charge in [0.15, 0.2) is 5.76 Å². The highest BCUT2D eigenvalue weighted by atomic mass is 35.5. The van der Waals surface area contributed by atoms with Gasteiger partial charge in [-0.15, -0.1) is 0 Å². The van der Waals surface area contributed by atoms with E-state index in [-0.39, 0.29) is 17.1 Å². The number of anilines is 1. The molecule has 2 N–H and O–H groups in total. The summed E-state index contributed by atoms with van der Waals surface area (Å²) in [6, 6.07) is 12.6. The molecule has 0 radical (unpaired) electrons. The minimum Gasteiger partial charge on any atom is -0.504 e. The van der Waals surface area contributed by atoms with Gasteiger partial charge in [0.05, 0.1) is 41.8 Å². The summed E-state index contributed by atoms with van der Waals surface area (Å²) >= 11 is 6.50. The van der Waals surface area contributed by atoms with Crippen LogP contribution in [-0.2, 0) is 9.53 Å². The van der Waals surface area contributed by atoms with Crippen molar-refractivity contribution in [1.29, 1.82) is 0 Å². The van der Waals surface area contributed by atoms with Crippen LogP contribution < -0.4 is 10.1 Å². The Morgan fingerprint density at radius 3 is 2.65 bits per heavy atom. The first kappa shape index (κ1) is 19.7. The van der Waals surface area contributed by atoms with Crippen molar-refractivity contribution < 1.29 is 23.9 Å². The molecule has 2 aromatic carbocycles. The molecule has 0 bridgehead atoms. The Labute approximate surface area is 183 Å². The monoisotopic (exact) mass is 438 g/mol. The smallest absolute Gasteiger partial charge is 0.260 e. The van der Waals surface area contributed by atoms with Crippen molar-refractivity contribution in [1.82, 2.24) is 5.16 Å². The number of aliphatic hydroxyl groups excluding tert-OH is 1. The van der Waals surface area contributed by atoms with Gasteiger partial charge in [0.25, 0.3) is 5.91 Å². The number of hydrogen-bond donors (Lipinski definition) is 2. The van der Waals surface area contributed by atoms with Crippen molar-refractivity contribution in [2.45, 2.75) is 6.92 Å². The lowest BCUT2D eigenvalue weighted by molar-refractivity contribution is -0.110. The Morgan fingerprint density at radius 1 is 1.23 bits per heavy atom. The van der Waals surface area contributed by atoms with Gasteiger partial charge in [0, 0.05) is 23.1 Å². The number of amides is 1. The van der Waals surface area contributed by atoms with E-state index in [0.717, 1.165) is 30.1 Å². The van der Waals surface area contributed by atoms with E-state index in [4.69, 9.17) is 25.6 Å². The van der Waals surface area contributed by atoms with E-state index in [1.165, 1.54) is 0 Å². The maximum atomic E-state index is 12.6. The Morgan fingerprint density at radius 2 is 2.00 bits per heavy atom. The van der Waals surface area contributed by atoms with Gasteiger partial charge in [0.1, 0.15) is 5.75 Å². The largest absolute Gasteiger partial charge is 0.504 e. The van der Waals surface area contributed by atoms with E-state index >= 15 is 0 Å². The number of aliphatic hydroxyl groups is 1. The number of ether oxygens (including phenoxy) is 2. The SMILES string of the molecule is Cc1cc(/C(O)=C2\C(=O)Nc3cc(Cl)c(-c4ccc(OCC5COC5)cc4)cc32)on1. The zero-order valence-electron chi connectivity index (χ0n) is 16.6. The van der Waals surface area contributed by atoms with E-state index in [9.17, 15) is 9.90 Å². The normalized spacial score (nSPS) is 17.2. The third-order valence-electron chi connectivity index (χ3n) is 5.31. The van der Waals surface area contributed by atoms with Crippen LogP contribution in [0, 0.1) is 12.8 Å². The van der Waals surface area contributed by atoms with Crippen LogP contribution in [0.2, 0.25) is 5.02 Å². The number of fused-ring (bicyclic) bond motifs is 1. The molecule has 3 heterocycles. The first-order valence-corrected chi connectivity index (χ1v) is 10.2. The second-order valence-electron chi connectivity index (χ2n) is 7.63. The van der Waals surface area contributed by atoms with Gasteiger partial charge in [-0.3, -0.25) is 4.79 Å². The van der Waals surface area contributed by atoms with Crippen LogP contribution >= 0.6 is 11.6 Å². The number of carbonyl (C=O) groups is 1. The predicted octanol–water partition coefficient (Wildman–Crippen LogP) is 4.71. The van der Waals surface area contributed by atoms with Gasteiger partial charge in [-0.2, -0.15) is 0 Å². The summed E-state index contributed by atoms with van der Waals surface area (Å²) in [5.41, 5.74) is 3.38. The first-order valence-electron chi connectivity index (χ1n) is 9.83. The molecule has 0 unspecified atom stereocenters. The highest BCUT2D eigenvalue weighted by Crippen LogP contribution is 2.42. The molecule has 3 aromatic rings. The fourth-order valence-corrected chi connectivity index (χ4v) is 3.84. The highest BCUT2D eigenvalue weighted by Gasteiger charge is 2.31. The Hall–Kier alpha value is -3.29. The van der Waals surface area contributed by atoms with Crippen molar-refractivity contribution in [3.05, 3.63) is 64.5 Å². The summed E-state index contributed by atoms with van der Waals surface area (Å²) in [5, 5.41) is 17.7. The Balaban J connectivity index is 1.48. The van der Waals surface area contributed by atoms with Crippen LogP contribution in [0.5, 0.6) is 5.75 Å². The number of aromatic nitrogens is 1. The second-order valence-corrected chi connectivity index (χ2v) is 8.03. The molecule has 0 aliphatic carbocycles. The number of halogens is 1. The van der Waals surface area contributed by atoms with Crippen molar-refractivity contribution in [2.75, 3.05) is 25.1 Å². The van der Waals surface area contributed by atoms with E-state index < -0.39 is 5.91 Å². The van der Waals surface area contributed by atoms with Gasteiger partial charge in [-0.1, -0.05) is 28.9 Å². The Bertz CT molecular complexity index is 1200. The maximum absolute atomic E-state index is 12.6. The number of carbonyl (C=O) groups excluding carboxylic acids is 1. The fraction of sp³-hybridized carbons (Fsp3) is 0.217. The molecule has 0 atom stereocenters. The van der Waals surface area contributed by atoms with Gasteiger partial charge in [0.2, 0.25) is 5.76 Å². The molecule has 1 aromatic heterocycles. The third kappa shape index (κ3) is 3.66. The average Bonchev–Trinajstić information content (AvgIpc) is 3.28. The van der Waals surface area contributed by atoms with Gasteiger partial charge in [-0.25, -0.2) is 0 Å². The van der Waals surface area contributed by atoms with Crippen LogP contribution in [0.25, 0.3) is 22.5 Å². The van der Waals surface area contributed by atoms with Crippen LogP contribution in [-0.4, -0.2) is 36.0 Å². The lowest BCUT2D eigenvalue weighted by Crippen LogP contribution is -2.32. The van der Waals surface area contributed by atoms with Gasteiger partial charge in [-0.05, 0) is 36.8 Å². The summed E-state index contributed by atoms with van der Waals surface area (Å²) in [7, 11) is 0. The summed E-state index contributed by atoms with van der Waals surface area (Å²) < 4.78 is 16.1. The van der Waals surface area contributed by atoms with Crippen LogP contribution in [0.15, 0.2) is 47.0 Å². The van der Waals surface area contributed by atoms with E-state index in [1.807, 2.05) is 24.3 Å². The molecule has 1 amide bonds. The number of aryl methyl sites for hydroxylation is 1. The first-order chi connectivity index (χ1) is 15.0. The van der Waals surface area contributed by atoms with E-state index in [2.05, 4.69) is 10.5 Å². The molecule has 1 saturated heterocycles. The number of nitrogens with one attached hydrogen (secondary N) is 1. The minimum absolute atomic E-state index is 0.117. The number of benzene rings is 2. The summed E-state index contributed by atoms with van der Waals surface area (Å²) in [6.07, 6.45) is 0. The van der Waals surface area contributed by atoms with Crippen molar-refractivity contribution >= 4 is 34.5 Å². The maximum Gasteiger partial charge on any atom is 0.260 e. The topological polar surface area (TPSA) is 93.8 Å². The predicted molar refractivity (Wildman–Crippen MR) is 116 cm³/mol. The zero-order valence-corrected chi connectivity index (χ0v) is 17.4. The van der Waals surface area contributed by atoms with Crippen molar-refractivity contribution in [2.24, 2.45) is 5.92 Å². The molecule has 0 spiro atoms. The quantitative estimate of drug-likeness (QED) is 0.442. The summed E-state index contributed by atoms with van der Waals surface area (Å²) in [4.78, 5) is 12.6. The van der Waals surface area contributed by atoms with Crippen molar-refractivity contribution in [3.63, 3.8) is 0 Å². The molecule has 5 rings (SSSR count). The molecule has 0 saturated carbocycles. The van der Waals surface area contributed by atoms with E-state index in [0.29, 0.717) is 34.5 Å². The van der Waals surface area contributed by atoms with Gasteiger partial charge < -0.3 is 24.4 Å². The van der Waals surface area contributed by atoms with Crippen LogP contribution in [0.4, 0.5) is 5.69 Å². The lowest BCUT2D eigenvalue weighted by atomic mass is 9.98. The molecule has 158 valence electrons. The molecule has 2 aliphatic rings. The second kappa shape index (κ2) is 7.76. The molecule has 2 aliphatic heterocycles. The standard InChI is InChI=1S/C23H19ClN2O5/c1-12-6-20(31-26-12)22(27)21-17-7-16(18(24)8-19(17)25-23(21)28)14-2-4-15(5-3-14)30-11-13-9-29-10-13/h2-8,13,27H,9-11H2,1H3,(H,25,28)/b22-21+. The summed E-state index contributed by atoms with van der Waals surface area (Å²) in [6.45, 7) is 3.85. The molecule has 7 nitrogen and oxygen atoms in total. The average molecular weight is 439 g/mol. The van der Waals surface area contributed by atoms with Gasteiger partial charge >= 0.3 is 0 Å². The number of hydrogen-bond acceptors (Lipinski definition) is 6. The van der Waals surface area contributed by atoms with Crippen LogP contribution in [0.3, 0.4) is 0 Å². The molecule has 8 heteroatoms. The number of rotatable bonds is 5.